The molecule has 0 spiro atoms. The first kappa shape index (κ1) is 16.6. The van der Waals surface area contributed by atoms with E-state index in [-0.39, 0.29) is 28.2 Å². The lowest BCUT2D eigenvalue weighted by Gasteiger charge is -2.28. The third-order valence-electron chi connectivity index (χ3n) is 2.42. The van der Waals surface area contributed by atoms with E-state index in [1.807, 2.05) is 0 Å². The Bertz CT molecular complexity index is 395. The topological polar surface area (TPSA) is 46.2 Å². The Hall–Kier alpha value is -0.390. The van der Waals surface area contributed by atoms with Crippen LogP contribution in [0.25, 0.3) is 0 Å². The quantitative estimate of drug-likeness (QED) is 0.767. The van der Waals surface area contributed by atoms with Crippen molar-refractivity contribution < 1.29 is 13.9 Å². The molecule has 0 heterocycles. The van der Waals surface area contributed by atoms with Crippen LogP contribution >= 0.6 is 28.3 Å². The zero-order chi connectivity index (χ0) is 12.7. The molecule has 0 aliphatic rings. The highest BCUT2D eigenvalue weighted by Crippen LogP contribution is 2.40. The maximum atomic E-state index is 13.6. The van der Waals surface area contributed by atoms with Gasteiger partial charge in [-0.1, -0.05) is 20.8 Å². The molecule has 0 bridgehead atoms. The normalized spacial score (nSPS) is 13.1. The monoisotopic (exact) mass is 329 g/mol. The molecule has 1 rings (SSSR count). The van der Waals surface area contributed by atoms with Crippen LogP contribution in [0.5, 0.6) is 5.75 Å². The van der Waals surface area contributed by atoms with E-state index in [9.17, 15) is 13.9 Å². The third kappa shape index (κ3) is 3.30. The smallest absolute Gasteiger partial charge is 0.167 e. The van der Waals surface area contributed by atoms with Crippen molar-refractivity contribution in [2.24, 2.45) is 11.1 Å². The molecule has 1 aromatic rings. The van der Waals surface area contributed by atoms with Crippen LogP contribution in [-0.4, -0.2) is 5.11 Å². The van der Waals surface area contributed by atoms with E-state index >= 15 is 0 Å². The lowest BCUT2D eigenvalue weighted by molar-refractivity contribution is 0.304. The van der Waals surface area contributed by atoms with Gasteiger partial charge in [0, 0.05) is 6.04 Å². The summed E-state index contributed by atoms with van der Waals surface area (Å²) in [7, 11) is 0. The summed E-state index contributed by atoms with van der Waals surface area (Å²) in [6.07, 6.45) is 0. The SMILES string of the molecule is CC(C)(C)[C@@H](N)c1c(O)c(Br)cc(F)c1F.Cl. The Morgan fingerprint density at radius 2 is 1.82 bits per heavy atom. The van der Waals surface area contributed by atoms with Crippen LogP contribution in [0.2, 0.25) is 0 Å². The first-order chi connectivity index (χ1) is 7.16. The highest BCUT2D eigenvalue weighted by atomic mass is 79.9. The minimum absolute atomic E-state index is 0. The summed E-state index contributed by atoms with van der Waals surface area (Å²) in [5, 5.41) is 9.70. The molecule has 1 aromatic carbocycles. The molecule has 2 nitrogen and oxygen atoms in total. The van der Waals surface area contributed by atoms with E-state index in [4.69, 9.17) is 5.73 Å². The number of rotatable bonds is 1. The van der Waals surface area contributed by atoms with Gasteiger partial charge in [-0.2, -0.15) is 0 Å². The largest absolute Gasteiger partial charge is 0.506 e. The average Bonchev–Trinajstić information content (AvgIpc) is 2.13. The number of hydrogen-bond acceptors (Lipinski definition) is 2. The van der Waals surface area contributed by atoms with Crippen molar-refractivity contribution in [3.8, 4) is 5.75 Å². The first-order valence-electron chi connectivity index (χ1n) is 4.78. The molecule has 0 saturated carbocycles. The zero-order valence-corrected chi connectivity index (χ0v) is 12.1. The fourth-order valence-corrected chi connectivity index (χ4v) is 1.74. The van der Waals surface area contributed by atoms with Gasteiger partial charge in [0.15, 0.2) is 11.6 Å². The van der Waals surface area contributed by atoms with Gasteiger partial charge < -0.3 is 10.8 Å². The van der Waals surface area contributed by atoms with Crippen LogP contribution in [0.1, 0.15) is 32.4 Å². The van der Waals surface area contributed by atoms with Crippen LogP contribution < -0.4 is 5.73 Å². The summed E-state index contributed by atoms with van der Waals surface area (Å²) in [5.74, 6) is -2.47. The highest BCUT2D eigenvalue weighted by molar-refractivity contribution is 9.10. The van der Waals surface area contributed by atoms with E-state index in [1.54, 1.807) is 20.8 Å². The molecule has 17 heavy (non-hydrogen) atoms. The second-order valence-corrected chi connectivity index (χ2v) is 5.61. The summed E-state index contributed by atoms with van der Waals surface area (Å²) in [4.78, 5) is 0. The van der Waals surface area contributed by atoms with Gasteiger partial charge in [-0.15, -0.1) is 12.4 Å². The molecule has 0 unspecified atom stereocenters. The van der Waals surface area contributed by atoms with Gasteiger partial charge in [-0.25, -0.2) is 8.78 Å². The van der Waals surface area contributed by atoms with Crippen molar-refractivity contribution in [1.82, 2.24) is 0 Å². The van der Waals surface area contributed by atoms with E-state index in [0.29, 0.717) is 0 Å². The average molecular weight is 331 g/mol. The van der Waals surface area contributed by atoms with Crippen molar-refractivity contribution >= 4 is 28.3 Å². The molecule has 0 aliphatic carbocycles. The highest BCUT2D eigenvalue weighted by Gasteiger charge is 2.30. The van der Waals surface area contributed by atoms with Gasteiger partial charge in [0.05, 0.1) is 10.0 Å². The lowest BCUT2D eigenvalue weighted by Crippen LogP contribution is -2.27. The molecule has 6 heteroatoms. The number of phenolic OH excluding ortho intramolecular Hbond substituents is 1. The molecule has 3 N–H and O–H groups in total. The van der Waals surface area contributed by atoms with Gasteiger partial charge in [-0.3, -0.25) is 0 Å². The van der Waals surface area contributed by atoms with Crippen LogP contribution in [0.3, 0.4) is 0 Å². The summed E-state index contributed by atoms with van der Waals surface area (Å²) >= 11 is 2.95. The Morgan fingerprint density at radius 3 is 2.24 bits per heavy atom. The summed E-state index contributed by atoms with van der Waals surface area (Å²) in [5.41, 5.74) is 5.15. The van der Waals surface area contributed by atoms with Gasteiger partial charge in [0.1, 0.15) is 5.75 Å². The second-order valence-electron chi connectivity index (χ2n) is 4.76. The van der Waals surface area contributed by atoms with Crippen molar-refractivity contribution in [3.63, 3.8) is 0 Å². The number of halogens is 4. The number of nitrogens with two attached hydrogens (primary N) is 1. The maximum Gasteiger partial charge on any atom is 0.167 e. The molecule has 0 saturated heterocycles. The van der Waals surface area contributed by atoms with E-state index in [2.05, 4.69) is 15.9 Å². The van der Waals surface area contributed by atoms with Crippen molar-refractivity contribution in [2.75, 3.05) is 0 Å². The van der Waals surface area contributed by atoms with E-state index in [1.165, 1.54) is 0 Å². The minimum Gasteiger partial charge on any atom is -0.506 e. The van der Waals surface area contributed by atoms with Gasteiger partial charge >= 0.3 is 0 Å². The number of hydrogen-bond donors (Lipinski definition) is 2. The standard InChI is InChI=1S/C11H14BrF2NO.ClH/c1-11(2,3)10(15)7-8(14)6(13)4-5(12)9(7)16;/h4,10,16H,15H2,1-3H3;1H/t10-;/m0./s1. The predicted molar refractivity (Wildman–Crippen MR) is 69.4 cm³/mol. The van der Waals surface area contributed by atoms with Gasteiger partial charge in [0.2, 0.25) is 0 Å². The van der Waals surface area contributed by atoms with E-state index in [0.717, 1.165) is 6.07 Å². The molecular weight excluding hydrogens is 315 g/mol. The number of phenols is 1. The molecule has 0 amide bonds. The number of benzene rings is 1. The molecule has 0 aromatic heterocycles. The maximum absolute atomic E-state index is 13.6. The van der Waals surface area contributed by atoms with Gasteiger partial charge in [-0.05, 0) is 27.4 Å². The van der Waals surface area contributed by atoms with Crippen LogP contribution in [0.4, 0.5) is 8.78 Å². The summed E-state index contributed by atoms with van der Waals surface area (Å²) in [6.45, 7) is 5.36. The molecule has 0 aliphatic heterocycles. The van der Waals surface area contributed by atoms with Crippen LogP contribution in [0, 0.1) is 17.0 Å². The first-order valence-corrected chi connectivity index (χ1v) is 5.57. The third-order valence-corrected chi connectivity index (χ3v) is 3.03. The summed E-state index contributed by atoms with van der Waals surface area (Å²) < 4.78 is 26.9. The van der Waals surface area contributed by atoms with Crippen molar-refractivity contribution in [3.05, 3.63) is 27.7 Å². The fourth-order valence-electron chi connectivity index (χ4n) is 1.32. The van der Waals surface area contributed by atoms with Gasteiger partial charge in [0.25, 0.3) is 0 Å². The second kappa shape index (κ2) is 5.50. The Kier molecular flexibility index (Phi) is 5.38. The fraction of sp³-hybridized carbons (Fsp3) is 0.455. The molecule has 0 fully saturated rings. The van der Waals surface area contributed by atoms with Crippen molar-refractivity contribution in [1.29, 1.82) is 0 Å². The van der Waals surface area contributed by atoms with Crippen LogP contribution in [-0.2, 0) is 0 Å². The van der Waals surface area contributed by atoms with Crippen molar-refractivity contribution in [2.45, 2.75) is 26.8 Å². The Morgan fingerprint density at radius 1 is 1.35 bits per heavy atom. The predicted octanol–water partition coefficient (Wildman–Crippen LogP) is 3.90. The molecule has 1 atom stereocenters. The summed E-state index contributed by atoms with van der Waals surface area (Å²) in [6, 6.07) is 0.0864. The van der Waals surface area contributed by atoms with E-state index < -0.39 is 23.1 Å². The lowest BCUT2D eigenvalue weighted by atomic mass is 9.82. The Labute approximate surface area is 114 Å². The minimum atomic E-state index is -1.09. The molecular formula is C11H15BrClF2NO. The number of aromatic hydroxyl groups is 1. The zero-order valence-electron chi connectivity index (χ0n) is 9.72. The molecule has 98 valence electrons. The van der Waals surface area contributed by atoms with Crippen LogP contribution in [0.15, 0.2) is 10.5 Å². The molecule has 0 radical (unpaired) electrons. The Balaban J connectivity index is 0.00000256.